The van der Waals surface area contributed by atoms with Crippen LogP contribution in [0.1, 0.15) is 49.7 Å². The van der Waals surface area contributed by atoms with Crippen molar-refractivity contribution in [3.8, 4) is 11.1 Å². The Kier molecular flexibility index (Phi) is 8.70. The molecule has 2 aliphatic rings. The van der Waals surface area contributed by atoms with E-state index < -0.39 is 35.6 Å². The largest absolute Gasteiger partial charge is 0.465 e. The lowest BCUT2D eigenvalue weighted by atomic mass is 9.72. The topological polar surface area (TPSA) is 136 Å². The first-order valence-corrected chi connectivity index (χ1v) is 13.4. The standard InChI is InChI=1S/C29H38FN3O5/c1-18-6-2-7-19(14-18)26-22(9-3-10-23(26)30)29(38,11-5-12-32-28(36)37)21-8-4-13-33(17-21)27(35)20-15-24(31)25(34)16-20/h2-3,6-7,9-10,14,20-21,24-25,32,34,38H,4-5,8,11-13,15-17,31H2,1H3,(H,36,37)/t20-,21+,24+,25-,29-/m0/s1. The van der Waals surface area contributed by atoms with Crippen molar-refractivity contribution >= 4 is 12.0 Å². The van der Waals surface area contributed by atoms with Gasteiger partial charge in [-0.1, -0.05) is 42.0 Å². The molecule has 2 aromatic carbocycles. The first-order valence-electron chi connectivity index (χ1n) is 13.4. The van der Waals surface area contributed by atoms with Gasteiger partial charge in [-0.3, -0.25) is 4.79 Å². The van der Waals surface area contributed by atoms with Crippen molar-refractivity contribution in [3.05, 3.63) is 59.4 Å². The number of aliphatic hydroxyl groups excluding tert-OH is 1. The number of aliphatic hydroxyl groups is 2. The van der Waals surface area contributed by atoms with Gasteiger partial charge in [0.05, 0.1) is 11.7 Å². The van der Waals surface area contributed by atoms with E-state index in [0.29, 0.717) is 55.3 Å². The van der Waals surface area contributed by atoms with E-state index in [2.05, 4.69) is 5.32 Å². The maximum atomic E-state index is 15.4. The summed E-state index contributed by atoms with van der Waals surface area (Å²) in [5.41, 5.74) is 6.81. The summed E-state index contributed by atoms with van der Waals surface area (Å²) in [6, 6.07) is 11.7. The third kappa shape index (κ3) is 6.00. The van der Waals surface area contributed by atoms with Crippen molar-refractivity contribution in [1.82, 2.24) is 10.2 Å². The minimum atomic E-state index is -1.51. The fourth-order valence-corrected chi connectivity index (χ4v) is 6.17. The van der Waals surface area contributed by atoms with Crippen LogP contribution in [-0.4, -0.2) is 64.0 Å². The van der Waals surface area contributed by atoms with Crippen molar-refractivity contribution in [1.29, 1.82) is 0 Å². The van der Waals surface area contributed by atoms with Crippen LogP contribution in [0.5, 0.6) is 0 Å². The second-order valence-electron chi connectivity index (χ2n) is 10.8. The second-order valence-corrected chi connectivity index (χ2v) is 10.8. The third-order valence-corrected chi connectivity index (χ3v) is 8.13. The molecule has 4 rings (SSSR count). The molecule has 1 heterocycles. The molecule has 0 radical (unpaired) electrons. The first kappa shape index (κ1) is 28.0. The summed E-state index contributed by atoms with van der Waals surface area (Å²) in [4.78, 5) is 26.1. The van der Waals surface area contributed by atoms with Gasteiger partial charge in [-0.25, -0.2) is 9.18 Å². The highest BCUT2D eigenvalue weighted by molar-refractivity contribution is 5.79. The Bertz CT molecular complexity index is 1150. The predicted octanol–water partition coefficient (Wildman–Crippen LogP) is 3.37. The summed E-state index contributed by atoms with van der Waals surface area (Å²) in [6.45, 7) is 2.89. The summed E-state index contributed by atoms with van der Waals surface area (Å²) in [5.74, 6) is -1.28. The molecule has 206 valence electrons. The van der Waals surface area contributed by atoms with E-state index in [-0.39, 0.29) is 31.3 Å². The maximum absolute atomic E-state index is 15.4. The van der Waals surface area contributed by atoms with Crippen LogP contribution in [0.3, 0.4) is 0 Å². The van der Waals surface area contributed by atoms with Crippen LogP contribution < -0.4 is 11.1 Å². The molecule has 2 aromatic rings. The van der Waals surface area contributed by atoms with E-state index in [4.69, 9.17) is 10.8 Å². The van der Waals surface area contributed by atoms with Crippen LogP contribution in [0.2, 0.25) is 0 Å². The smallest absolute Gasteiger partial charge is 0.404 e. The van der Waals surface area contributed by atoms with Gasteiger partial charge in [0.1, 0.15) is 5.82 Å². The molecule has 38 heavy (non-hydrogen) atoms. The number of likely N-dealkylation sites (tertiary alicyclic amines) is 1. The number of carbonyl (C=O) groups is 2. The summed E-state index contributed by atoms with van der Waals surface area (Å²) in [6.07, 6.45) is 0.724. The minimum absolute atomic E-state index is 0.0743. The molecule has 1 aliphatic carbocycles. The van der Waals surface area contributed by atoms with Gasteiger partial charge in [0.25, 0.3) is 0 Å². The number of nitrogens with two attached hydrogens (primary N) is 1. The quantitative estimate of drug-likeness (QED) is 0.334. The molecule has 1 aliphatic heterocycles. The van der Waals surface area contributed by atoms with Gasteiger partial charge >= 0.3 is 6.09 Å². The van der Waals surface area contributed by atoms with Gasteiger partial charge in [0.15, 0.2) is 0 Å². The number of carbonyl (C=O) groups excluding carboxylic acids is 1. The third-order valence-electron chi connectivity index (χ3n) is 8.13. The van der Waals surface area contributed by atoms with Crippen molar-refractivity contribution in [2.24, 2.45) is 17.6 Å². The molecule has 2 amide bonds. The molecule has 9 heteroatoms. The zero-order valence-corrected chi connectivity index (χ0v) is 21.8. The Morgan fingerprint density at radius 3 is 2.66 bits per heavy atom. The van der Waals surface area contributed by atoms with Crippen LogP contribution in [-0.2, 0) is 10.4 Å². The first-order chi connectivity index (χ1) is 18.1. The predicted molar refractivity (Wildman–Crippen MR) is 142 cm³/mol. The van der Waals surface area contributed by atoms with Gasteiger partial charge in [-0.15, -0.1) is 0 Å². The highest BCUT2D eigenvalue weighted by atomic mass is 19.1. The second kappa shape index (κ2) is 11.8. The molecule has 1 saturated carbocycles. The fraction of sp³-hybridized carbons (Fsp3) is 0.517. The average Bonchev–Trinajstić information content (AvgIpc) is 3.23. The number of nitrogens with one attached hydrogen (secondary N) is 1. The Morgan fingerprint density at radius 1 is 1.21 bits per heavy atom. The van der Waals surface area contributed by atoms with Gasteiger partial charge in [-0.2, -0.15) is 0 Å². The summed E-state index contributed by atoms with van der Waals surface area (Å²) < 4.78 is 15.4. The Labute approximate surface area is 222 Å². The molecule has 6 N–H and O–H groups in total. The Hall–Kier alpha value is -3.01. The molecule has 0 spiro atoms. The normalized spacial score (nSPS) is 25.1. The fourth-order valence-electron chi connectivity index (χ4n) is 6.17. The monoisotopic (exact) mass is 527 g/mol. The average molecular weight is 528 g/mol. The van der Waals surface area contributed by atoms with Crippen LogP contribution in [0.4, 0.5) is 9.18 Å². The summed E-state index contributed by atoms with van der Waals surface area (Å²) in [5, 5.41) is 33.8. The molecular formula is C29H38FN3O5. The number of benzene rings is 2. The lowest BCUT2D eigenvalue weighted by Crippen LogP contribution is -2.49. The van der Waals surface area contributed by atoms with Crippen molar-refractivity contribution in [2.75, 3.05) is 19.6 Å². The van der Waals surface area contributed by atoms with Crippen LogP contribution in [0.25, 0.3) is 11.1 Å². The lowest BCUT2D eigenvalue weighted by Gasteiger charge is -2.44. The highest BCUT2D eigenvalue weighted by Crippen LogP contribution is 2.44. The molecule has 8 nitrogen and oxygen atoms in total. The number of amides is 2. The van der Waals surface area contributed by atoms with E-state index in [1.54, 1.807) is 17.0 Å². The zero-order valence-electron chi connectivity index (χ0n) is 21.8. The number of aryl methyl sites for hydroxylation is 1. The van der Waals surface area contributed by atoms with Gasteiger partial charge in [-0.05, 0) is 62.6 Å². The molecule has 5 atom stereocenters. The number of hydrogen-bond donors (Lipinski definition) is 5. The Morgan fingerprint density at radius 2 is 1.97 bits per heavy atom. The van der Waals surface area contributed by atoms with Gasteiger partial charge < -0.3 is 31.3 Å². The van der Waals surface area contributed by atoms with E-state index >= 15 is 4.39 Å². The SMILES string of the molecule is Cc1cccc(-c2c(F)cccc2[C@](O)(CCCNC(=O)O)[C@@H]2CCCN(C(=O)[C@H]3C[C@@H](N)[C@@H](O)C3)C2)c1. The number of halogens is 1. The van der Waals surface area contributed by atoms with Gasteiger partial charge in [0, 0.05) is 43.1 Å². The van der Waals surface area contributed by atoms with Crippen molar-refractivity contribution < 1.29 is 29.3 Å². The molecule has 2 fully saturated rings. The zero-order chi connectivity index (χ0) is 27.4. The Balaban J connectivity index is 1.68. The molecule has 1 saturated heterocycles. The van der Waals surface area contributed by atoms with Crippen LogP contribution >= 0.6 is 0 Å². The van der Waals surface area contributed by atoms with Crippen molar-refractivity contribution in [3.63, 3.8) is 0 Å². The maximum Gasteiger partial charge on any atom is 0.404 e. The number of hydrogen-bond acceptors (Lipinski definition) is 5. The number of carboxylic acid groups (broad SMARTS) is 1. The number of nitrogens with zero attached hydrogens (tertiary/aromatic N) is 1. The van der Waals surface area contributed by atoms with Crippen molar-refractivity contribution in [2.45, 2.75) is 63.2 Å². The van der Waals surface area contributed by atoms with Crippen LogP contribution in [0, 0.1) is 24.6 Å². The summed E-state index contributed by atoms with van der Waals surface area (Å²) >= 11 is 0. The van der Waals surface area contributed by atoms with E-state index in [1.165, 1.54) is 6.07 Å². The lowest BCUT2D eigenvalue weighted by molar-refractivity contribution is -0.141. The molecule has 0 unspecified atom stereocenters. The number of rotatable bonds is 8. The van der Waals surface area contributed by atoms with E-state index in [9.17, 15) is 19.8 Å². The number of piperidine rings is 1. The highest BCUT2D eigenvalue weighted by Gasteiger charge is 2.45. The van der Waals surface area contributed by atoms with Crippen LogP contribution in [0.15, 0.2) is 42.5 Å². The minimum Gasteiger partial charge on any atom is -0.465 e. The van der Waals surface area contributed by atoms with E-state index in [0.717, 1.165) is 5.56 Å². The molecule has 0 aromatic heterocycles. The van der Waals surface area contributed by atoms with Gasteiger partial charge in [0.2, 0.25) is 5.91 Å². The molecular weight excluding hydrogens is 489 g/mol. The van der Waals surface area contributed by atoms with E-state index in [1.807, 2.05) is 31.2 Å². The summed E-state index contributed by atoms with van der Waals surface area (Å²) in [7, 11) is 0. The molecule has 0 bridgehead atoms.